The van der Waals surface area contributed by atoms with Crippen molar-refractivity contribution in [1.82, 2.24) is 4.98 Å². The lowest BCUT2D eigenvalue weighted by Gasteiger charge is -2.10. The zero-order chi connectivity index (χ0) is 20.1. The monoisotopic (exact) mass is 373 g/mol. The molecule has 0 bridgehead atoms. The summed E-state index contributed by atoms with van der Waals surface area (Å²) >= 11 is 0. The molecule has 0 saturated heterocycles. The van der Waals surface area contributed by atoms with Crippen LogP contribution in [0.15, 0.2) is 60.8 Å². The smallest absolute Gasteiger partial charge is 0.274 e. The first-order chi connectivity index (χ1) is 13.5. The fourth-order valence-electron chi connectivity index (χ4n) is 2.86. The Hall–Kier alpha value is -3.47. The van der Waals surface area contributed by atoms with E-state index in [-0.39, 0.29) is 17.5 Å². The number of hydrogen-bond donors (Lipinski definition) is 2. The summed E-state index contributed by atoms with van der Waals surface area (Å²) in [5.74, 6) is -0.638. The van der Waals surface area contributed by atoms with Crippen LogP contribution in [0.3, 0.4) is 0 Å². The fraction of sp³-hybridized carbons (Fsp3) is 0.174. The number of nitrogens with one attached hydrogen (secondary N) is 2. The number of benzene rings is 2. The van der Waals surface area contributed by atoms with Crippen LogP contribution in [0.2, 0.25) is 0 Å². The summed E-state index contributed by atoms with van der Waals surface area (Å²) in [6, 6.07) is 16.6. The zero-order valence-corrected chi connectivity index (χ0v) is 16.2. The van der Waals surface area contributed by atoms with Crippen molar-refractivity contribution < 1.29 is 9.59 Å². The fourth-order valence-corrected chi connectivity index (χ4v) is 2.86. The van der Waals surface area contributed by atoms with Crippen LogP contribution in [0.1, 0.15) is 44.5 Å². The second kappa shape index (κ2) is 8.48. The van der Waals surface area contributed by atoms with Crippen molar-refractivity contribution in [2.45, 2.75) is 27.2 Å². The number of anilines is 2. The molecule has 3 aromatic rings. The Labute approximate surface area is 164 Å². The molecule has 0 fully saturated rings. The molecule has 2 amide bonds. The van der Waals surface area contributed by atoms with Gasteiger partial charge in [-0.05, 0) is 61.7 Å². The van der Waals surface area contributed by atoms with E-state index in [4.69, 9.17) is 0 Å². The molecule has 3 rings (SSSR count). The van der Waals surface area contributed by atoms with Crippen LogP contribution >= 0.6 is 0 Å². The van der Waals surface area contributed by atoms with E-state index in [1.807, 2.05) is 56.3 Å². The molecule has 2 N–H and O–H groups in total. The van der Waals surface area contributed by atoms with E-state index >= 15 is 0 Å². The van der Waals surface area contributed by atoms with Gasteiger partial charge in [-0.25, -0.2) is 0 Å². The van der Waals surface area contributed by atoms with Crippen molar-refractivity contribution in [2.75, 3.05) is 10.6 Å². The number of amides is 2. The Balaban J connectivity index is 1.73. The average molecular weight is 373 g/mol. The van der Waals surface area contributed by atoms with E-state index in [1.165, 1.54) is 17.8 Å². The SMILES string of the molecule is CCc1ccc(NC(=O)c2ccnc(C(=O)Nc3ccc(C)cc3C)c2)cc1. The maximum Gasteiger partial charge on any atom is 0.274 e. The van der Waals surface area contributed by atoms with E-state index in [9.17, 15) is 9.59 Å². The van der Waals surface area contributed by atoms with Gasteiger partial charge in [0.2, 0.25) is 0 Å². The molecule has 2 aromatic carbocycles. The molecule has 0 spiro atoms. The maximum atomic E-state index is 12.5. The molecule has 0 radical (unpaired) electrons. The van der Waals surface area contributed by atoms with Crippen LogP contribution < -0.4 is 10.6 Å². The Morgan fingerprint density at radius 3 is 2.32 bits per heavy atom. The van der Waals surface area contributed by atoms with Gasteiger partial charge in [0, 0.05) is 23.1 Å². The molecular formula is C23H23N3O2. The van der Waals surface area contributed by atoms with Gasteiger partial charge in [-0.2, -0.15) is 0 Å². The highest BCUT2D eigenvalue weighted by molar-refractivity contribution is 6.08. The topological polar surface area (TPSA) is 71.1 Å². The van der Waals surface area contributed by atoms with Gasteiger partial charge in [0.25, 0.3) is 11.8 Å². The average Bonchev–Trinajstić information content (AvgIpc) is 2.70. The van der Waals surface area contributed by atoms with Crippen molar-refractivity contribution in [2.24, 2.45) is 0 Å². The number of pyridine rings is 1. The molecule has 0 aliphatic carbocycles. The molecule has 0 atom stereocenters. The highest BCUT2D eigenvalue weighted by atomic mass is 16.2. The van der Waals surface area contributed by atoms with Gasteiger partial charge in [-0.1, -0.05) is 36.8 Å². The molecule has 5 nitrogen and oxygen atoms in total. The first kappa shape index (κ1) is 19.3. The third-order valence-electron chi connectivity index (χ3n) is 4.50. The number of carbonyl (C=O) groups is 2. The maximum absolute atomic E-state index is 12.5. The quantitative estimate of drug-likeness (QED) is 0.677. The minimum absolute atomic E-state index is 0.189. The van der Waals surface area contributed by atoms with Gasteiger partial charge in [0.15, 0.2) is 0 Å². The normalized spacial score (nSPS) is 10.4. The zero-order valence-electron chi connectivity index (χ0n) is 16.2. The number of carbonyl (C=O) groups excluding carboxylic acids is 2. The molecular weight excluding hydrogens is 350 g/mol. The molecule has 0 saturated carbocycles. The van der Waals surface area contributed by atoms with Crippen LogP contribution in [0.4, 0.5) is 11.4 Å². The second-order valence-electron chi connectivity index (χ2n) is 6.71. The third-order valence-corrected chi connectivity index (χ3v) is 4.50. The van der Waals surface area contributed by atoms with Crippen LogP contribution in [0, 0.1) is 13.8 Å². The summed E-state index contributed by atoms with van der Waals surface area (Å²) in [6.45, 7) is 6.01. The highest BCUT2D eigenvalue weighted by Gasteiger charge is 2.13. The number of aryl methyl sites for hydroxylation is 3. The van der Waals surface area contributed by atoms with E-state index in [1.54, 1.807) is 6.07 Å². The molecule has 142 valence electrons. The van der Waals surface area contributed by atoms with Crippen LogP contribution in [0.25, 0.3) is 0 Å². The number of nitrogens with zero attached hydrogens (tertiary/aromatic N) is 1. The van der Waals surface area contributed by atoms with Crippen molar-refractivity contribution in [1.29, 1.82) is 0 Å². The molecule has 28 heavy (non-hydrogen) atoms. The summed E-state index contributed by atoms with van der Waals surface area (Å²) in [4.78, 5) is 29.2. The summed E-state index contributed by atoms with van der Waals surface area (Å²) in [5.41, 5.74) is 5.29. The van der Waals surface area contributed by atoms with Gasteiger partial charge in [-0.15, -0.1) is 0 Å². The highest BCUT2D eigenvalue weighted by Crippen LogP contribution is 2.17. The Kier molecular flexibility index (Phi) is 5.84. The van der Waals surface area contributed by atoms with E-state index in [0.717, 1.165) is 23.2 Å². The van der Waals surface area contributed by atoms with E-state index in [2.05, 4.69) is 22.5 Å². The van der Waals surface area contributed by atoms with Crippen molar-refractivity contribution in [3.63, 3.8) is 0 Å². The molecule has 1 heterocycles. The van der Waals surface area contributed by atoms with Gasteiger partial charge in [0.05, 0.1) is 0 Å². The van der Waals surface area contributed by atoms with Crippen LogP contribution in [-0.4, -0.2) is 16.8 Å². The van der Waals surface area contributed by atoms with Gasteiger partial charge >= 0.3 is 0 Å². The molecule has 0 unspecified atom stereocenters. The molecule has 1 aromatic heterocycles. The van der Waals surface area contributed by atoms with Crippen LogP contribution in [0.5, 0.6) is 0 Å². The summed E-state index contributed by atoms with van der Waals surface area (Å²) in [5, 5.41) is 5.69. The Morgan fingerprint density at radius 1 is 0.893 bits per heavy atom. The lowest BCUT2D eigenvalue weighted by molar-refractivity contribution is 0.102. The Bertz CT molecular complexity index is 1010. The predicted octanol–water partition coefficient (Wildman–Crippen LogP) is 4.77. The lowest BCUT2D eigenvalue weighted by Crippen LogP contribution is -2.17. The summed E-state index contributed by atoms with van der Waals surface area (Å²) < 4.78 is 0. The Morgan fingerprint density at radius 2 is 1.64 bits per heavy atom. The predicted molar refractivity (Wildman–Crippen MR) is 112 cm³/mol. The lowest BCUT2D eigenvalue weighted by atomic mass is 10.1. The minimum Gasteiger partial charge on any atom is -0.322 e. The number of rotatable bonds is 5. The van der Waals surface area contributed by atoms with Crippen LogP contribution in [-0.2, 0) is 6.42 Å². The second-order valence-corrected chi connectivity index (χ2v) is 6.71. The third kappa shape index (κ3) is 4.62. The van der Waals surface area contributed by atoms with E-state index < -0.39 is 0 Å². The molecule has 0 aliphatic rings. The van der Waals surface area contributed by atoms with Gasteiger partial charge < -0.3 is 10.6 Å². The molecule has 5 heteroatoms. The van der Waals surface area contributed by atoms with E-state index in [0.29, 0.717) is 11.3 Å². The van der Waals surface area contributed by atoms with Crippen molar-refractivity contribution in [3.8, 4) is 0 Å². The number of aromatic nitrogens is 1. The van der Waals surface area contributed by atoms with Gasteiger partial charge in [-0.3, -0.25) is 14.6 Å². The van der Waals surface area contributed by atoms with Crippen molar-refractivity contribution in [3.05, 3.63) is 88.7 Å². The molecule has 0 aliphatic heterocycles. The van der Waals surface area contributed by atoms with Gasteiger partial charge in [0.1, 0.15) is 5.69 Å². The summed E-state index contributed by atoms with van der Waals surface area (Å²) in [6.07, 6.45) is 2.41. The minimum atomic E-state index is -0.353. The van der Waals surface area contributed by atoms with Crippen molar-refractivity contribution >= 4 is 23.2 Å². The summed E-state index contributed by atoms with van der Waals surface area (Å²) in [7, 11) is 0. The largest absolute Gasteiger partial charge is 0.322 e. The number of hydrogen-bond acceptors (Lipinski definition) is 3. The standard InChI is InChI=1S/C23H23N3O2/c1-4-17-6-8-19(9-7-17)25-22(27)18-11-12-24-21(14-18)23(28)26-20-10-5-15(2)13-16(20)3/h5-14H,4H2,1-3H3,(H,25,27)(H,26,28). The first-order valence-corrected chi connectivity index (χ1v) is 9.21. The first-order valence-electron chi connectivity index (χ1n) is 9.21.